The number of nitrogens with zero attached hydrogens (tertiary/aromatic N) is 2. The number of carbonyl (C=O) groups excluding carboxylic acids is 1. The lowest BCUT2D eigenvalue weighted by molar-refractivity contribution is -0.116. The molecule has 0 unspecified atom stereocenters. The van der Waals surface area contributed by atoms with Crippen LogP contribution in [0.25, 0.3) is 17.0 Å². The van der Waals surface area contributed by atoms with Crippen LogP contribution in [-0.2, 0) is 17.8 Å². The van der Waals surface area contributed by atoms with Crippen molar-refractivity contribution < 1.29 is 4.79 Å². The number of aryl methyl sites for hydroxylation is 1. The van der Waals surface area contributed by atoms with Gasteiger partial charge in [0.05, 0.1) is 11.2 Å². The van der Waals surface area contributed by atoms with Crippen LogP contribution in [0.15, 0.2) is 36.4 Å². The van der Waals surface area contributed by atoms with Gasteiger partial charge in [-0.05, 0) is 48.8 Å². The fraction of sp³-hybridized carbons (Fsp3) is 0.333. The van der Waals surface area contributed by atoms with E-state index in [1.54, 1.807) is 17.8 Å². The van der Waals surface area contributed by atoms with Gasteiger partial charge in [-0.25, -0.2) is 4.98 Å². The lowest BCUT2D eigenvalue weighted by atomic mass is 9.97. The molecule has 5 heteroatoms. The first kappa shape index (κ1) is 20.0. The van der Waals surface area contributed by atoms with Crippen LogP contribution in [0.5, 0.6) is 0 Å². The molecule has 3 rings (SSSR count). The standard InChI is InChI=1S/C19H21N3O.C2H6S/c1-4-14-15-11-13(22(2)3)9-10-18(15)21-17-7-5-6-8-19(23)20-12-16(14)17;1-3-2/h5-11H,4,12H2,1-3H3,(H,20,23);1-2H3/b7-5+,8-6-;. The van der Waals surface area contributed by atoms with E-state index in [0.29, 0.717) is 6.54 Å². The van der Waals surface area contributed by atoms with Crippen LogP contribution >= 0.6 is 11.8 Å². The van der Waals surface area contributed by atoms with Crippen LogP contribution in [0.4, 0.5) is 5.69 Å². The number of nitrogens with one attached hydrogen (secondary N) is 1. The molecule has 1 aromatic carbocycles. The number of allylic oxidation sites excluding steroid dienone is 2. The Morgan fingerprint density at radius 1 is 1.19 bits per heavy atom. The van der Waals surface area contributed by atoms with Gasteiger partial charge in [-0.15, -0.1) is 0 Å². The van der Waals surface area contributed by atoms with E-state index in [1.165, 1.54) is 11.6 Å². The van der Waals surface area contributed by atoms with E-state index in [4.69, 9.17) is 4.98 Å². The van der Waals surface area contributed by atoms with Crippen LogP contribution in [0.2, 0.25) is 0 Å². The molecule has 2 heterocycles. The van der Waals surface area contributed by atoms with Gasteiger partial charge >= 0.3 is 0 Å². The SMILES string of the molecule is CCc1c2c(nc3ccc(N(C)C)cc13)/C=C/C=C\C(=O)NC2.CSC. The maximum Gasteiger partial charge on any atom is 0.244 e. The highest BCUT2D eigenvalue weighted by molar-refractivity contribution is 7.97. The third-order valence-electron chi connectivity index (χ3n) is 4.14. The smallest absolute Gasteiger partial charge is 0.244 e. The molecule has 138 valence electrons. The topological polar surface area (TPSA) is 45.2 Å². The minimum atomic E-state index is -0.0771. The first-order chi connectivity index (χ1) is 12.5. The number of aromatic nitrogens is 1. The number of carbonyl (C=O) groups is 1. The number of anilines is 1. The van der Waals surface area contributed by atoms with Crippen LogP contribution in [-0.4, -0.2) is 37.5 Å². The summed E-state index contributed by atoms with van der Waals surface area (Å²) in [5.74, 6) is -0.0771. The van der Waals surface area contributed by atoms with E-state index >= 15 is 0 Å². The zero-order chi connectivity index (χ0) is 19.1. The second-order valence-corrected chi connectivity index (χ2v) is 7.06. The summed E-state index contributed by atoms with van der Waals surface area (Å²) in [6.45, 7) is 2.65. The Hall–Kier alpha value is -2.27. The molecule has 0 radical (unpaired) electrons. The average Bonchev–Trinajstić information content (AvgIpc) is 2.71. The highest BCUT2D eigenvalue weighted by atomic mass is 32.2. The van der Waals surface area contributed by atoms with Gasteiger partial charge in [-0.2, -0.15) is 11.8 Å². The fourth-order valence-electron chi connectivity index (χ4n) is 2.92. The van der Waals surface area contributed by atoms with Crippen molar-refractivity contribution in [1.82, 2.24) is 10.3 Å². The molecule has 0 aliphatic carbocycles. The number of rotatable bonds is 2. The molecular formula is C21H27N3OS. The van der Waals surface area contributed by atoms with Gasteiger partial charge in [-0.1, -0.05) is 19.1 Å². The van der Waals surface area contributed by atoms with E-state index in [1.807, 2.05) is 38.8 Å². The molecule has 1 amide bonds. The number of hydrogen-bond donors (Lipinski definition) is 1. The zero-order valence-electron chi connectivity index (χ0n) is 16.2. The van der Waals surface area contributed by atoms with Crippen molar-refractivity contribution in [2.75, 3.05) is 31.5 Å². The molecule has 0 saturated carbocycles. The number of thioether (sulfide) groups is 1. The van der Waals surface area contributed by atoms with Gasteiger partial charge in [0.25, 0.3) is 0 Å². The predicted molar refractivity (Wildman–Crippen MR) is 115 cm³/mol. The summed E-state index contributed by atoms with van der Waals surface area (Å²) >= 11 is 1.75. The molecule has 4 nitrogen and oxygen atoms in total. The number of hydrogen-bond acceptors (Lipinski definition) is 4. The van der Waals surface area contributed by atoms with Crippen LogP contribution in [0.3, 0.4) is 0 Å². The van der Waals surface area contributed by atoms with Crippen LogP contribution in [0.1, 0.15) is 23.7 Å². The molecule has 1 N–H and O–H groups in total. The monoisotopic (exact) mass is 369 g/mol. The summed E-state index contributed by atoms with van der Waals surface area (Å²) in [5.41, 5.74) is 5.42. The van der Waals surface area contributed by atoms with Crippen molar-refractivity contribution in [2.45, 2.75) is 19.9 Å². The molecule has 1 aliphatic rings. The van der Waals surface area contributed by atoms with Crippen molar-refractivity contribution in [1.29, 1.82) is 0 Å². The molecule has 0 fully saturated rings. The van der Waals surface area contributed by atoms with E-state index < -0.39 is 0 Å². The molecule has 0 saturated heterocycles. The van der Waals surface area contributed by atoms with Gasteiger partial charge < -0.3 is 10.2 Å². The third kappa shape index (κ3) is 4.67. The number of fused-ring (bicyclic) bond motifs is 2. The maximum absolute atomic E-state index is 11.7. The Balaban J connectivity index is 0.000000758. The highest BCUT2D eigenvalue weighted by Crippen LogP contribution is 2.28. The average molecular weight is 370 g/mol. The highest BCUT2D eigenvalue weighted by Gasteiger charge is 2.14. The minimum absolute atomic E-state index is 0.0771. The van der Waals surface area contributed by atoms with Gasteiger partial charge in [0, 0.05) is 43.4 Å². The Bertz CT molecular complexity index is 841. The number of pyridine rings is 1. The van der Waals surface area contributed by atoms with E-state index in [0.717, 1.165) is 34.3 Å². The first-order valence-electron chi connectivity index (χ1n) is 8.67. The Labute approximate surface area is 160 Å². The quantitative estimate of drug-likeness (QED) is 0.868. The summed E-state index contributed by atoms with van der Waals surface area (Å²) in [5, 5.41) is 4.10. The first-order valence-corrected chi connectivity index (χ1v) is 10.3. The van der Waals surface area contributed by atoms with Gasteiger partial charge in [-0.3, -0.25) is 4.79 Å². The largest absolute Gasteiger partial charge is 0.378 e. The van der Waals surface area contributed by atoms with Crippen molar-refractivity contribution in [3.8, 4) is 0 Å². The van der Waals surface area contributed by atoms with E-state index in [-0.39, 0.29) is 5.91 Å². The normalized spacial score (nSPS) is 15.5. The zero-order valence-corrected chi connectivity index (χ0v) is 17.0. The predicted octanol–water partition coefficient (Wildman–Crippen LogP) is 4.04. The molecule has 0 bridgehead atoms. The molecular weight excluding hydrogens is 342 g/mol. The summed E-state index contributed by atoms with van der Waals surface area (Å²) in [6.07, 6.45) is 12.1. The third-order valence-corrected chi connectivity index (χ3v) is 4.14. The lowest BCUT2D eigenvalue weighted by Crippen LogP contribution is -2.21. The summed E-state index contributed by atoms with van der Waals surface area (Å²) < 4.78 is 0. The van der Waals surface area contributed by atoms with Gasteiger partial charge in [0.2, 0.25) is 5.91 Å². The second kappa shape index (κ2) is 9.43. The summed E-state index contributed by atoms with van der Waals surface area (Å²) in [4.78, 5) is 18.6. The molecule has 26 heavy (non-hydrogen) atoms. The van der Waals surface area contributed by atoms with Gasteiger partial charge in [0.1, 0.15) is 0 Å². The summed E-state index contributed by atoms with van der Waals surface area (Å²) in [6, 6.07) is 6.33. The second-order valence-electron chi connectivity index (χ2n) is 6.25. The van der Waals surface area contributed by atoms with Crippen molar-refractivity contribution in [3.05, 3.63) is 53.2 Å². The fourth-order valence-corrected chi connectivity index (χ4v) is 2.92. The number of benzene rings is 1. The van der Waals surface area contributed by atoms with E-state index in [2.05, 4.69) is 35.3 Å². The Kier molecular flexibility index (Phi) is 7.27. The molecule has 0 spiro atoms. The Morgan fingerprint density at radius 2 is 1.88 bits per heavy atom. The van der Waals surface area contributed by atoms with E-state index in [9.17, 15) is 4.79 Å². The Morgan fingerprint density at radius 3 is 2.54 bits per heavy atom. The van der Waals surface area contributed by atoms with Gasteiger partial charge in [0.15, 0.2) is 0 Å². The molecule has 0 atom stereocenters. The number of amides is 1. The van der Waals surface area contributed by atoms with Crippen molar-refractivity contribution in [3.63, 3.8) is 0 Å². The minimum Gasteiger partial charge on any atom is -0.378 e. The lowest BCUT2D eigenvalue weighted by Gasteiger charge is -2.18. The van der Waals surface area contributed by atoms with Crippen molar-refractivity contribution >= 4 is 40.3 Å². The van der Waals surface area contributed by atoms with Crippen LogP contribution < -0.4 is 10.2 Å². The molecule has 1 aromatic heterocycles. The van der Waals surface area contributed by atoms with Crippen LogP contribution in [0, 0.1) is 0 Å². The van der Waals surface area contributed by atoms with Crippen molar-refractivity contribution in [2.24, 2.45) is 0 Å². The molecule has 1 aliphatic heterocycles. The molecule has 2 aromatic rings. The summed E-state index contributed by atoms with van der Waals surface area (Å²) in [7, 11) is 4.07. The maximum atomic E-state index is 11.7.